The van der Waals surface area contributed by atoms with Gasteiger partial charge in [-0.15, -0.1) is 0 Å². The molecule has 0 saturated carbocycles. The zero-order valence-corrected chi connectivity index (χ0v) is 19.3. The molecule has 0 spiro atoms. The number of nitro groups is 1. The molecule has 10 heteroatoms. The molecule has 2 heterocycles. The second kappa shape index (κ2) is 8.89. The van der Waals surface area contributed by atoms with Crippen LogP contribution in [0.15, 0.2) is 53.5 Å². The number of anilines is 1. The Morgan fingerprint density at radius 1 is 1.15 bits per heavy atom. The molecule has 1 N–H and O–H groups in total. The van der Waals surface area contributed by atoms with Crippen LogP contribution >= 0.6 is 0 Å². The number of fused-ring (bicyclic) bond motifs is 1. The van der Waals surface area contributed by atoms with Gasteiger partial charge >= 0.3 is 0 Å². The number of nitro benzene ring substituents is 1. The summed E-state index contributed by atoms with van der Waals surface area (Å²) < 4.78 is 2.69. The van der Waals surface area contributed by atoms with Crippen LogP contribution in [-0.4, -0.2) is 30.4 Å². The van der Waals surface area contributed by atoms with Gasteiger partial charge in [0.2, 0.25) is 5.91 Å². The third-order valence-electron chi connectivity index (χ3n) is 5.63. The minimum Gasteiger partial charge on any atom is -0.324 e. The van der Waals surface area contributed by atoms with Gasteiger partial charge in [-0.05, 0) is 49.1 Å². The monoisotopic (exact) mass is 460 g/mol. The average Bonchev–Trinajstić information content (AvgIpc) is 3.23. The topological polar surface area (TPSA) is 125 Å². The van der Waals surface area contributed by atoms with E-state index >= 15 is 0 Å². The minimum atomic E-state index is -0.543. The quantitative estimate of drug-likeness (QED) is 0.344. The molecule has 0 aliphatic heterocycles. The summed E-state index contributed by atoms with van der Waals surface area (Å²) >= 11 is 0. The van der Waals surface area contributed by atoms with Crippen molar-refractivity contribution in [3.63, 3.8) is 0 Å². The van der Waals surface area contributed by atoms with Crippen LogP contribution in [0, 0.1) is 24.0 Å². The van der Waals surface area contributed by atoms with Gasteiger partial charge in [-0.3, -0.25) is 19.7 Å². The molecule has 34 heavy (non-hydrogen) atoms. The van der Waals surface area contributed by atoms with E-state index in [1.165, 1.54) is 18.2 Å². The number of carbonyl (C=O) groups excluding carboxylic acids is 1. The fraction of sp³-hybridized carbons (Fsp3) is 0.250. The SMILES string of the molecule is Cc1ccc(-n2ncc3c(C(C)C)nn(CC(=O)Nc4cccc([N+](=O)[O-])c4)c(=O)c32)cc1C. The molecule has 0 aliphatic carbocycles. The maximum absolute atomic E-state index is 13.4. The Morgan fingerprint density at radius 3 is 2.59 bits per heavy atom. The number of hydrogen-bond acceptors (Lipinski definition) is 6. The summed E-state index contributed by atoms with van der Waals surface area (Å²) in [6.07, 6.45) is 1.63. The number of amides is 1. The lowest BCUT2D eigenvalue weighted by atomic mass is 10.1. The fourth-order valence-electron chi connectivity index (χ4n) is 3.71. The largest absolute Gasteiger partial charge is 0.324 e. The highest BCUT2D eigenvalue weighted by Crippen LogP contribution is 2.24. The maximum atomic E-state index is 13.4. The third kappa shape index (κ3) is 4.29. The average molecular weight is 460 g/mol. The van der Waals surface area contributed by atoms with Crippen LogP contribution in [0.2, 0.25) is 0 Å². The Hall–Kier alpha value is -4.34. The lowest BCUT2D eigenvalue weighted by Crippen LogP contribution is -2.31. The van der Waals surface area contributed by atoms with Crippen LogP contribution in [0.5, 0.6) is 0 Å². The van der Waals surface area contributed by atoms with Crippen LogP contribution in [0.25, 0.3) is 16.6 Å². The number of non-ortho nitro benzene ring substituents is 1. The van der Waals surface area contributed by atoms with E-state index in [4.69, 9.17) is 0 Å². The number of aromatic nitrogens is 4. The molecule has 2 aromatic heterocycles. The molecule has 174 valence electrons. The molecule has 0 saturated heterocycles. The van der Waals surface area contributed by atoms with Gasteiger partial charge in [0, 0.05) is 23.2 Å². The summed E-state index contributed by atoms with van der Waals surface area (Å²) in [5.74, 6) is -0.548. The molecular weight excluding hydrogens is 436 g/mol. The number of nitrogens with one attached hydrogen (secondary N) is 1. The number of benzene rings is 2. The van der Waals surface area contributed by atoms with Crippen LogP contribution in [-0.2, 0) is 11.3 Å². The first-order chi connectivity index (χ1) is 16.2. The van der Waals surface area contributed by atoms with Gasteiger partial charge in [0.15, 0.2) is 0 Å². The Kier molecular flexibility index (Phi) is 5.97. The maximum Gasteiger partial charge on any atom is 0.293 e. The van der Waals surface area contributed by atoms with E-state index in [0.29, 0.717) is 16.6 Å². The van der Waals surface area contributed by atoms with Crippen molar-refractivity contribution >= 4 is 28.2 Å². The van der Waals surface area contributed by atoms with E-state index < -0.39 is 16.4 Å². The van der Waals surface area contributed by atoms with E-state index in [-0.39, 0.29) is 23.8 Å². The van der Waals surface area contributed by atoms with Crippen molar-refractivity contribution < 1.29 is 9.72 Å². The van der Waals surface area contributed by atoms with Crippen molar-refractivity contribution in [2.75, 3.05) is 5.32 Å². The smallest absolute Gasteiger partial charge is 0.293 e. The molecule has 0 radical (unpaired) electrons. The number of carbonyl (C=O) groups is 1. The molecule has 4 aromatic rings. The molecule has 0 bridgehead atoms. The van der Waals surface area contributed by atoms with Crippen molar-refractivity contribution in [1.29, 1.82) is 0 Å². The van der Waals surface area contributed by atoms with Crippen molar-refractivity contribution in [3.05, 3.63) is 86.0 Å². The number of nitrogens with zero attached hydrogens (tertiary/aromatic N) is 5. The molecule has 1 amide bonds. The molecule has 0 aliphatic rings. The highest BCUT2D eigenvalue weighted by atomic mass is 16.6. The zero-order valence-electron chi connectivity index (χ0n) is 19.3. The van der Waals surface area contributed by atoms with E-state index in [1.54, 1.807) is 16.9 Å². The summed E-state index contributed by atoms with van der Waals surface area (Å²) in [5, 5.41) is 23.1. The van der Waals surface area contributed by atoms with Crippen LogP contribution in [0.1, 0.15) is 36.6 Å². The summed E-state index contributed by atoms with van der Waals surface area (Å²) in [7, 11) is 0. The lowest BCUT2D eigenvalue weighted by Gasteiger charge is -2.13. The first-order valence-electron chi connectivity index (χ1n) is 10.8. The van der Waals surface area contributed by atoms with E-state index in [9.17, 15) is 19.7 Å². The van der Waals surface area contributed by atoms with E-state index in [0.717, 1.165) is 21.5 Å². The molecular formula is C24H24N6O4. The number of aryl methyl sites for hydroxylation is 2. The standard InChI is InChI=1S/C24H24N6O4/c1-14(2)22-20-12-25-29(18-9-8-15(3)16(4)10-18)23(20)24(32)28(27-22)13-21(31)26-17-6-5-7-19(11-17)30(33)34/h5-12,14H,13H2,1-4H3,(H,26,31). The normalized spacial score (nSPS) is 11.2. The fourth-order valence-corrected chi connectivity index (χ4v) is 3.71. The Labute approximate surface area is 195 Å². The van der Waals surface area contributed by atoms with Gasteiger partial charge in [0.25, 0.3) is 11.2 Å². The van der Waals surface area contributed by atoms with Crippen molar-refractivity contribution in [2.24, 2.45) is 0 Å². The van der Waals surface area contributed by atoms with Crippen LogP contribution in [0.4, 0.5) is 11.4 Å². The third-order valence-corrected chi connectivity index (χ3v) is 5.63. The van der Waals surface area contributed by atoms with Crippen molar-refractivity contribution in [1.82, 2.24) is 19.6 Å². The minimum absolute atomic E-state index is 0.0217. The molecule has 0 unspecified atom stereocenters. The molecule has 4 rings (SSSR count). The second-order valence-corrected chi connectivity index (χ2v) is 8.45. The van der Waals surface area contributed by atoms with Gasteiger partial charge < -0.3 is 5.32 Å². The highest BCUT2D eigenvalue weighted by Gasteiger charge is 2.20. The van der Waals surface area contributed by atoms with Gasteiger partial charge in [0.05, 0.1) is 22.5 Å². The molecule has 2 aromatic carbocycles. The van der Waals surface area contributed by atoms with E-state index in [1.807, 2.05) is 45.9 Å². The summed E-state index contributed by atoms with van der Waals surface area (Å²) in [6, 6.07) is 11.4. The van der Waals surface area contributed by atoms with Crippen molar-refractivity contribution in [3.8, 4) is 5.69 Å². The van der Waals surface area contributed by atoms with Gasteiger partial charge in [-0.25, -0.2) is 9.36 Å². The Balaban J connectivity index is 1.75. The molecule has 10 nitrogen and oxygen atoms in total. The number of hydrogen-bond donors (Lipinski definition) is 1. The van der Waals surface area contributed by atoms with Crippen molar-refractivity contribution in [2.45, 2.75) is 40.2 Å². The van der Waals surface area contributed by atoms with Gasteiger partial charge in [0.1, 0.15) is 12.1 Å². The van der Waals surface area contributed by atoms with Crippen LogP contribution in [0.3, 0.4) is 0 Å². The summed E-state index contributed by atoms with van der Waals surface area (Å²) in [4.78, 5) is 36.6. The van der Waals surface area contributed by atoms with Gasteiger partial charge in [-0.2, -0.15) is 10.2 Å². The van der Waals surface area contributed by atoms with Crippen LogP contribution < -0.4 is 10.9 Å². The Morgan fingerprint density at radius 2 is 1.91 bits per heavy atom. The molecule has 0 fully saturated rings. The molecule has 0 atom stereocenters. The lowest BCUT2D eigenvalue weighted by molar-refractivity contribution is -0.384. The predicted octanol–water partition coefficient (Wildman–Crippen LogP) is 3.87. The second-order valence-electron chi connectivity index (χ2n) is 8.45. The highest BCUT2D eigenvalue weighted by molar-refractivity contribution is 5.91. The summed E-state index contributed by atoms with van der Waals surface area (Å²) in [5.41, 5.74) is 3.58. The van der Waals surface area contributed by atoms with Gasteiger partial charge in [-0.1, -0.05) is 26.0 Å². The Bertz CT molecular complexity index is 1480. The van der Waals surface area contributed by atoms with E-state index in [2.05, 4.69) is 15.5 Å². The zero-order chi connectivity index (χ0) is 24.6. The number of rotatable bonds is 6. The first kappa shape index (κ1) is 22.8. The first-order valence-corrected chi connectivity index (χ1v) is 10.8. The summed E-state index contributed by atoms with van der Waals surface area (Å²) in [6.45, 7) is 7.55. The predicted molar refractivity (Wildman–Crippen MR) is 128 cm³/mol.